The quantitative estimate of drug-likeness (QED) is 0.128. The number of aryl methyl sites for hydroxylation is 3. The van der Waals surface area contributed by atoms with Crippen LogP contribution in [0.4, 0.5) is 0 Å². The van der Waals surface area contributed by atoms with Gasteiger partial charge in [0, 0.05) is 17.7 Å². The number of allylic oxidation sites excluding steroid dienone is 5. The number of Topliss-reactive ketones (excluding diaryl/α,β-unsaturated/α-hetero) is 1. The summed E-state index contributed by atoms with van der Waals surface area (Å²) in [6.07, 6.45) is 12.7. The van der Waals surface area contributed by atoms with Gasteiger partial charge in [0.1, 0.15) is 5.78 Å². The molecule has 0 aliphatic carbocycles. The molecule has 0 spiro atoms. The number of halogens is 4. The van der Waals surface area contributed by atoms with Crippen LogP contribution in [0.5, 0.6) is 0 Å². The standard InChI is InChI=1S/C19H24OS.C12H14Cl2O.C10H12Cl2.C3H8/c1-6-8-16(5)19(21-13-20)12-17(7-2)18-11-14(3)9-10-15(18)4;1-2-10(15)5-3-4-9-6-7-11(13)12(14)8-9;1-7(2)5-8-3-4-9(11)10(12)6-8;1-3-2/h7-13H,6H2,1-5H3;6-8H,2-5H2,1H3;3-4,6-7H,5H2,1-2H3;3H2,1-2H3/b16-8+,17-7-,19-12-;;;. The van der Waals surface area contributed by atoms with Gasteiger partial charge in [0.25, 0.3) is 0 Å². The Morgan fingerprint density at radius 1 is 0.824 bits per heavy atom. The van der Waals surface area contributed by atoms with Crippen LogP contribution in [0.2, 0.25) is 20.1 Å². The Kier molecular flexibility index (Phi) is 27.0. The summed E-state index contributed by atoms with van der Waals surface area (Å²) in [6.45, 7) is 20.9. The fourth-order valence-corrected chi connectivity index (χ4v) is 5.91. The van der Waals surface area contributed by atoms with E-state index in [0.717, 1.165) is 52.9 Å². The van der Waals surface area contributed by atoms with Crippen molar-refractivity contribution >= 4 is 75.1 Å². The van der Waals surface area contributed by atoms with Crippen LogP contribution < -0.4 is 0 Å². The Morgan fingerprint density at radius 3 is 1.88 bits per heavy atom. The molecule has 3 rings (SSSR count). The zero-order chi connectivity index (χ0) is 38.9. The van der Waals surface area contributed by atoms with Crippen LogP contribution in [0.25, 0.3) is 5.57 Å². The van der Waals surface area contributed by atoms with Gasteiger partial charge in [-0.1, -0.05) is 154 Å². The number of hydrogen-bond donors (Lipinski definition) is 0. The molecule has 51 heavy (non-hydrogen) atoms. The molecule has 280 valence electrons. The van der Waals surface area contributed by atoms with Crippen molar-refractivity contribution in [2.24, 2.45) is 5.92 Å². The van der Waals surface area contributed by atoms with E-state index < -0.39 is 0 Å². The Balaban J connectivity index is 0.000000733. The largest absolute Gasteiger partial charge is 0.300 e. The van der Waals surface area contributed by atoms with E-state index in [1.54, 1.807) is 6.07 Å². The zero-order valence-corrected chi connectivity index (χ0v) is 36.1. The third-order valence-electron chi connectivity index (χ3n) is 7.30. The summed E-state index contributed by atoms with van der Waals surface area (Å²) in [4.78, 5) is 23.0. The first kappa shape index (κ1) is 48.7. The summed E-state index contributed by atoms with van der Waals surface area (Å²) in [5.41, 5.74) is 9.31. The van der Waals surface area contributed by atoms with E-state index in [4.69, 9.17) is 46.4 Å². The Labute approximate surface area is 334 Å². The molecule has 7 heteroatoms. The van der Waals surface area contributed by atoms with E-state index >= 15 is 0 Å². The van der Waals surface area contributed by atoms with Crippen LogP contribution in [0, 0.1) is 19.8 Å². The van der Waals surface area contributed by atoms with Crippen molar-refractivity contribution in [1.82, 2.24) is 0 Å². The molecular weight excluding hydrogens is 734 g/mol. The molecule has 0 unspecified atom stereocenters. The Bertz CT molecular complexity index is 1590. The second kappa shape index (κ2) is 28.3. The van der Waals surface area contributed by atoms with Crippen LogP contribution in [0.1, 0.15) is 115 Å². The van der Waals surface area contributed by atoms with Crippen molar-refractivity contribution in [1.29, 1.82) is 0 Å². The summed E-state index contributed by atoms with van der Waals surface area (Å²) in [7, 11) is 0. The number of carbonyl (C=O) groups is 2. The van der Waals surface area contributed by atoms with Crippen molar-refractivity contribution < 1.29 is 9.59 Å². The van der Waals surface area contributed by atoms with Gasteiger partial charge < -0.3 is 0 Å². The Morgan fingerprint density at radius 2 is 1.39 bits per heavy atom. The van der Waals surface area contributed by atoms with Gasteiger partial charge in [0.05, 0.1) is 20.1 Å². The number of ketones is 1. The van der Waals surface area contributed by atoms with Gasteiger partial charge in [-0.05, 0) is 123 Å². The van der Waals surface area contributed by atoms with Crippen LogP contribution in [-0.2, 0) is 22.4 Å². The maximum atomic E-state index is 11.1. The fraction of sp³-hybridized carbons (Fsp3) is 0.409. The molecule has 0 aromatic heterocycles. The maximum absolute atomic E-state index is 11.1. The first-order chi connectivity index (χ1) is 24.2. The second-order valence-corrected chi connectivity index (χ2v) is 15.1. The highest BCUT2D eigenvalue weighted by molar-refractivity contribution is 8.15. The van der Waals surface area contributed by atoms with E-state index in [9.17, 15) is 9.59 Å². The third kappa shape index (κ3) is 21.1. The van der Waals surface area contributed by atoms with E-state index in [0.29, 0.717) is 44.6 Å². The lowest BCUT2D eigenvalue weighted by Crippen LogP contribution is -1.96. The maximum Gasteiger partial charge on any atom is 0.180 e. The predicted octanol–water partition coefficient (Wildman–Crippen LogP) is 15.8. The minimum Gasteiger partial charge on any atom is -0.300 e. The van der Waals surface area contributed by atoms with Crippen molar-refractivity contribution in [3.8, 4) is 0 Å². The molecule has 0 bridgehead atoms. The van der Waals surface area contributed by atoms with Gasteiger partial charge in [0.2, 0.25) is 0 Å². The lowest BCUT2D eigenvalue weighted by Gasteiger charge is -2.11. The molecule has 0 amide bonds. The van der Waals surface area contributed by atoms with Crippen molar-refractivity contribution in [2.45, 2.75) is 114 Å². The highest BCUT2D eigenvalue weighted by Gasteiger charge is 2.07. The van der Waals surface area contributed by atoms with Crippen LogP contribution in [0.3, 0.4) is 0 Å². The van der Waals surface area contributed by atoms with E-state index in [1.807, 2.05) is 44.2 Å². The highest BCUT2D eigenvalue weighted by Crippen LogP contribution is 2.29. The van der Waals surface area contributed by atoms with E-state index in [-0.39, 0.29) is 0 Å². The van der Waals surface area contributed by atoms with Crippen LogP contribution >= 0.6 is 58.2 Å². The molecule has 0 atom stereocenters. The third-order valence-corrected chi connectivity index (χ3v) is 9.57. The Hall–Kier alpha value is -2.27. The number of rotatable bonds is 13. The normalized spacial score (nSPS) is 11.5. The summed E-state index contributed by atoms with van der Waals surface area (Å²) in [6, 6.07) is 17.9. The van der Waals surface area contributed by atoms with Crippen molar-refractivity contribution in [3.63, 3.8) is 0 Å². The molecule has 0 fully saturated rings. The molecule has 0 saturated heterocycles. The molecular formula is C44H58Cl4O2S. The van der Waals surface area contributed by atoms with Gasteiger partial charge in [-0.3, -0.25) is 9.59 Å². The summed E-state index contributed by atoms with van der Waals surface area (Å²) in [5.74, 6) is 0.970. The zero-order valence-electron chi connectivity index (χ0n) is 32.3. The van der Waals surface area contributed by atoms with E-state index in [2.05, 4.69) is 91.8 Å². The highest BCUT2D eigenvalue weighted by atomic mass is 35.5. The van der Waals surface area contributed by atoms with Gasteiger partial charge in [-0.25, -0.2) is 0 Å². The molecule has 0 heterocycles. The lowest BCUT2D eigenvalue weighted by atomic mass is 9.97. The van der Waals surface area contributed by atoms with Gasteiger partial charge in [0.15, 0.2) is 5.62 Å². The van der Waals surface area contributed by atoms with Crippen LogP contribution in [-0.4, -0.2) is 11.4 Å². The number of thioether (sulfide) groups is 1. The van der Waals surface area contributed by atoms with E-state index in [1.165, 1.54) is 40.4 Å². The molecule has 0 aliphatic rings. The smallest absolute Gasteiger partial charge is 0.180 e. The van der Waals surface area contributed by atoms with Crippen molar-refractivity contribution in [2.75, 3.05) is 0 Å². The molecule has 0 aliphatic heterocycles. The summed E-state index contributed by atoms with van der Waals surface area (Å²) < 4.78 is 0. The fourth-order valence-electron chi connectivity index (χ4n) is 4.70. The molecule has 3 aromatic rings. The summed E-state index contributed by atoms with van der Waals surface area (Å²) >= 11 is 24.6. The average Bonchev–Trinajstić information content (AvgIpc) is 3.08. The lowest BCUT2D eigenvalue weighted by molar-refractivity contribution is -0.118. The predicted molar refractivity (Wildman–Crippen MR) is 232 cm³/mol. The number of hydrogen-bond acceptors (Lipinski definition) is 3. The SMILES string of the molecule is C/C=C(/C=C(SC=O)/C(C)=C/CC)c1cc(C)ccc1C.CC(C)Cc1ccc(Cl)c(Cl)c1.CCC.CCC(=O)CCCc1ccc(Cl)c(Cl)c1. The molecule has 2 nitrogen and oxygen atoms in total. The van der Waals surface area contributed by atoms with Gasteiger partial charge in [-0.2, -0.15) is 0 Å². The molecule has 0 N–H and O–H groups in total. The van der Waals surface area contributed by atoms with Crippen LogP contribution in [0.15, 0.2) is 83.3 Å². The monoisotopic (exact) mass is 790 g/mol. The minimum absolute atomic E-state index is 0.315. The first-order valence-electron chi connectivity index (χ1n) is 17.8. The second-order valence-electron chi connectivity index (χ2n) is 12.6. The average molecular weight is 793 g/mol. The first-order valence-corrected chi connectivity index (χ1v) is 20.2. The number of carbonyl (C=O) groups excluding carboxylic acids is 2. The van der Waals surface area contributed by atoms with Gasteiger partial charge >= 0.3 is 0 Å². The summed E-state index contributed by atoms with van der Waals surface area (Å²) in [5, 5.41) is 2.43. The van der Waals surface area contributed by atoms with Gasteiger partial charge in [-0.15, -0.1) is 0 Å². The minimum atomic E-state index is 0.315. The molecule has 0 radical (unpaired) electrons. The van der Waals surface area contributed by atoms with Crippen molar-refractivity contribution in [3.05, 3.63) is 131 Å². The topological polar surface area (TPSA) is 34.1 Å². The molecule has 0 saturated carbocycles. The molecule has 3 aromatic carbocycles. The number of benzene rings is 3.